The van der Waals surface area contributed by atoms with Crippen molar-refractivity contribution < 1.29 is 14.5 Å². The molecule has 1 aromatic carbocycles. The lowest BCUT2D eigenvalue weighted by Gasteiger charge is -2.05. The molecule has 0 radical (unpaired) electrons. The first-order chi connectivity index (χ1) is 6.97. The predicted molar refractivity (Wildman–Crippen MR) is 57.4 cm³/mol. The molecule has 0 bridgehead atoms. The molecule has 0 aromatic heterocycles. The van der Waals surface area contributed by atoms with E-state index in [1.54, 1.807) is 0 Å². The van der Waals surface area contributed by atoms with Crippen molar-refractivity contribution in [2.75, 3.05) is 7.11 Å². The molecule has 5 nitrogen and oxygen atoms in total. The summed E-state index contributed by atoms with van der Waals surface area (Å²) in [5, 5.41) is 10.7. The number of nitrogens with zero attached hydrogens (tertiary/aromatic N) is 1. The molecule has 0 amide bonds. The fraction of sp³-hybridized carbons (Fsp3) is 0.222. The molecule has 0 aliphatic heterocycles. The molecule has 15 heavy (non-hydrogen) atoms. The number of rotatable bonds is 3. The first-order valence-corrected chi connectivity index (χ1v) is 4.79. The fourth-order valence-corrected chi connectivity index (χ4v) is 1.73. The second kappa shape index (κ2) is 4.39. The number of carbonyl (C=O) groups is 1. The van der Waals surface area contributed by atoms with E-state index in [9.17, 15) is 14.9 Å². The highest BCUT2D eigenvalue weighted by molar-refractivity contribution is 9.10. The number of carbonyl (C=O) groups excluding carboxylic acids is 1. The predicted octanol–water partition coefficient (Wildman–Crippen LogP) is 2.57. The van der Waals surface area contributed by atoms with E-state index in [1.807, 2.05) is 0 Å². The summed E-state index contributed by atoms with van der Waals surface area (Å²) >= 11 is 3.03. The zero-order chi connectivity index (χ0) is 11.6. The molecule has 0 N–H and O–H groups in total. The van der Waals surface area contributed by atoms with Crippen LogP contribution in [0.15, 0.2) is 16.6 Å². The number of ketones is 1. The van der Waals surface area contributed by atoms with Crippen LogP contribution in [0.25, 0.3) is 0 Å². The van der Waals surface area contributed by atoms with Crippen LogP contribution in [0, 0.1) is 10.1 Å². The molecule has 0 spiro atoms. The van der Waals surface area contributed by atoms with Crippen LogP contribution in [-0.4, -0.2) is 17.8 Å². The van der Waals surface area contributed by atoms with Gasteiger partial charge in [-0.15, -0.1) is 0 Å². The topological polar surface area (TPSA) is 69.4 Å². The Morgan fingerprint density at radius 3 is 2.53 bits per heavy atom. The van der Waals surface area contributed by atoms with Gasteiger partial charge in [-0.2, -0.15) is 0 Å². The van der Waals surface area contributed by atoms with Gasteiger partial charge in [0.05, 0.1) is 22.1 Å². The van der Waals surface area contributed by atoms with E-state index in [1.165, 1.54) is 26.2 Å². The van der Waals surface area contributed by atoms with Gasteiger partial charge in [-0.25, -0.2) is 0 Å². The Bertz CT molecular complexity index is 430. The van der Waals surface area contributed by atoms with Gasteiger partial charge >= 0.3 is 0 Å². The highest BCUT2D eigenvalue weighted by atomic mass is 79.9. The van der Waals surface area contributed by atoms with Crippen molar-refractivity contribution in [1.82, 2.24) is 0 Å². The zero-order valence-electron chi connectivity index (χ0n) is 8.11. The number of hydrogen-bond donors (Lipinski definition) is 0. The van der Waals surface area contributed by atoms with Crippen molar-refractivity contribution >= 4 is 27.4 Å². The molecule has 0 unspecified atom stereocenters. The Labute approximate surface area is 94.3 Å². The number of nitro benzene ring substituents is 1. The molecule has 0 saturated carbocycles. The average Bonchev–Trinajstić information content (AvgIpc) is 2.15. The lowest BCUT2D eigenvalue weighted by Crippen LogP contribution is -2.02. The molecule has 1 rings (SSSR count). The summed E-state index contributed by atoms with van der Waals surface area (Å²) in [6, 6.07) is 2.80. The maximum Gasteiger partial charge on any atom is 0.294 e. The molecule has 0 atom stereocenters. The third-order valence-electron chi connectivity index (χ3n) is 1.83. The largest absolute Gasteiger partial charge is 0.497 e. The number of benzene rings is 1. The lowest BCUT2D eigenvalue weighted by molar-refractivity contribution is -0.385. The number of halogens is 1. The van der Waals surface area contributed by atoms with Gasteiger partial charge in [0.25, 0.3) is 5.69 Å². The first kappa shape index (κ1) is 11.6. The van der Waals surface area contributed by atoms with Crippen LogP contribution in [0.3, 0.4) is 0 Å². The van der Waals surface area contributed by atoms with Gasteiger partial charge in [0.15, 0.2) is 5.78 Å². The summed E-state index contributed by atoms with van der Waals surface area (Å²) in [4.78, 5) is 21.3. The molecule has 0 fully saturated rings. The molecule has 80 valence electrons. The molecule has 0 heterocycles. The van der Waals surface area contributed by atoms with Crippen LogP contribution < -0.4 is 4.74 Å². The molecular weight excluding hydrogens is 266 g/mol. The van der Waals surface area contributed by atoms with Crippen LogP contribution >= 0.6 is 15.9 Å². The Morgan fingerprint density at radius 2 is 2.13 bits per heavy atom. The van der Waals surface area contributed by atoms with Gasteiger partial charge in [-0.3, -0.25) is 14.9 Å². The van der Waals surface area contributed by atoms with Gasteiger partial charge in [0.1, 0.15) is 5.75 Å². The van der Waals surface area contributed by atoms with E-state index in [2.05, 4.69) is 15.9 Å². The minimum atomic E-state index is -0.597. The van der Waals surface area contributed by atoms with Gasteiger partial charge in [-0.05, 0) is 28.9 Å². The second-order valence-electron chi connectivity index (χ2n) is 2.82. The van der Waals surface area contributed by atoms with Crippen LogP contribution in [0.1, 0.15) is 17.3 Å². The van der Waals surface area contributed by atoms with Crippen molar-refractivity contribution in [2.24, 2.45) is 0 Å². The minimum Gasteiger partial charge on any atom is -0.497 e. The zero-order valence-corrected chi connectivity index (χ0v) is 9.70. The number of nitro groups is 1. The maximum atomic E-state index is 11.2. The monoisotopic (exact) mass is 273 g/mol. The molecule has 1 aromatic rings. The van der Waals surface area contributed by atoms with E-state index < -0.39 is 4.92 Å². The number of methoxy groups -OCH3 is 1. The van der Waals surface area contributed by atoms with Crippen LogP contribution in [0.2, 0.25) is 0 Å². The maximum absolute atomic E-state index is 11.2. The van der Waals surface area contributed by atoms with Gasteiger partial charge in [0, 0.05) is 6.07 Å². The molecular formula is C9H8BrNO4. The van der Waals surface area contributed by atoms with Crippen molar-refractivity contribution in [2.45, 2.75) is 6.92 Å². The summed E-state index contributed by atoms with van der Waals surface area (Å²) < 4.78 is 5.15. The third kappa shape index (κ3) is 2.33. The lowest BCUT2D eigenvalue weighted by atomic mass is 10.1. The number of Topliss-reactive ketones (excluding diaryl/α,β-unsaturated/α-hetero) is 1. The van der Waals surface area contributed by atoms with E-state index in [4.69, 9.17) is 4.74 Å². The number of hydrogen-bond acceptors (Lipinski definition) is 4. The Balaban J connectivity index is 3.49. The quantitative estimate of drug-likeness (QED) is 0.482. The summed E-state index contributed by atoms with van der Waals surface area (Å²) in [7, 11) is 1.43. The summed E-state index contributed by atoms with van der Waals surface area (Å²) in [5.74, 6) is 0.0268. The van der Waals surface area contributed by atoms with Crippen LogP contribution in [0.4, 0.5) is 5.69 Å². The SMILES string of the molecule is COc1cc(Br)c([N+](=O)[O-])c(C(C)=O)c1. The highest BCUT2D eigenvalue weighted by Gasteiger charge is 2.22. The smallest absolute Gasteiger partial charge is 0.294 e. The average molecular weight is 274 g/mol. The first-order valence-electron chi connectivity index (χ1n) is 4.00. The molecule has 0 saturated heterocycles. The Kier molecular flexibility index (Phi) is 3.41. The number of ether oxygens (including phenoxy) is 1. The van der Waals surface area contributed by atoms with Gasteiger partial charge < -0.3 is 4.74 Å². The van der Waals surface area contributed by atoms with Crippen LogP contribution in [-0.2, 0) is 0 Å². The standard InChI is InChI=1S/C9H8BrNO4/c1-5(12)7-3-6(15-2)4-8(10)9(7)11(13)14/h3-4H,1-2H3. The van der Waals surface area contributed by atoms with E-state index >= 15 is 0 Å². The van der Waals surface area contributed by atoms with E-state index in [0.29, 0.717) is 5.75 Å². The summed E-state index contributed by atoms with van der Waals surface area (Å²) in [6.07, 6.45) is 0. The minimum absolute atomic E-state index is 0.0335. The van der Waals surface area contributed by atoms with Crippen molar-refractivity contribution in [3.8, 4) is 5.75 Å². The second-order valence-corrected chi connectivity index (χ2v) is 3.67. The van der Waals surface area contributed by atoms with Crippen molar-refractivity contribution in [3.05, 3.63) is 32.3 Å². The third-order valence-corrected chi connectivity index (χ3v) is 2.44. The van der Waals surface area contributed by atoms with Crippen molar-refractivity contribution in [1.29, 1.82) is 0 Å². The normalized spacial score (nSPS) is 9.80. The summed E-state index contributed by atoms with van der Waals surface area (Å²) in [6.45, 7) is 1.27. The van der Waals surface area contributed by atoms with Gasteiger partial charge in [-0.1, -0.05) is 0 Å². The van der Waals surface area contributed by atoms with Gasteiger partial charge in [0.2, 0.25) is 0 Å². The van der Waals surface area contributed by atoms with E-state index in [0.717, 1.165) is 0 Å². The van der Waals surface area contributed by atoms with E-state index in [-0.39, 0.29) is 21.5 Å². The Morgan fingerprint density at radius 1 is 1.53 bits per heavy atom. The highest BCUT2D eigenvalue weighted by Crippen LogP contribution is 2.33. The molecule has 0 aliphatic carbocycles. The Hall–Kier alpha value is -1.43. The van der Waals surface area contributed by atoms with Crippen molar-refractivity contribution in [3.63, 3.8) is 0 Å². The molecule has 0 aliphatic rings. The molecule has 6 heteroatoms. The fourth-order valence-electron chi connectivity index (χ4n) is 1.15. The van der Waals surface area contributed by atoms with Crippen LogP contribution in [0.5, 0.6) is 5.75 Å². The summed E-state index contributed by atoms with van der Waals surface area (Å²) in [5.41, 5.74) is -0.200.